The molecule has 1 saturated heterocycles. The van der Waals surface area contributed by atoms with Crippen LogP contribution in [0, 0.1) is 41.4 Å². The van der Waals surface area contributed by atoms with E-state index in [1.807, 2.05) is 25.1 Å². The third kappa shape index (κ3) is 3.48. The Morgan fingerprint density at radius 2 is 2.03 bits per heavy atom. The Kier molecular flexibility index (Phi) is 5.39. The Morgan fingerprint density at radius 3 is 2.81 bits per heavy atom. The van der Waals surface area contributed by atoms with Crippen molar-refractivity contribution in [2.45, 2.75) is 72.1 Å². The quantitative estimate of drug-likeness (QED) is 0.627. The molecule has 1 aromatic rings. The number of amides is 2. The average Bonchev–Trinajstić information content (AvgIpc) is 3.06. The topological polar surface area (TPSA) is 71.1 Å². The van der Waals surface area contributed by atoms with Crippen molar-refractivity contribution in [1.82, 2.24) is 10.3 Å². The number of carbonyl (C=O) groups is 2. The van der Waals surface area contributed by atoms with E-state index in [2.05, 4.69) is 29.5 Å². The van der Waals surface area contributed by atoms with E-state index in [-0.39, 0.29) is 22.6 Å². The normalized spacial score (nSPS) is 38.4. The number of allylic oxidation sites excluding steroid dienone is 2. The molecule has 2 amide bonds. The van der Waals surface area contributed by atoms with Crippen LogP contribution >= 0.6 is 11.6 Å². The maximum absolute atomic E-state index is 12.9. The maximum atomic E-state index is 12.9. The van der Waals surface area contributed by atoms with E-state index in [4.69, 9.17) is 11.6 Å². The van der Waals surface area contributed by atoms with Gasteiger partial charge in [0.1, 0.15) is 5.82 Å². The molecule has 0 radical (unpaired) electrons. The van der Waals surface area contributed by atoms with E-state index in [1.54, 1.807) is 0 Å². The fraction of sp³-hybridized carbons (Fsp3) is 0.654. The van der Waals surface area contributed by atoms with E-state index in [0.717, 1.165) is 48.5 Å². The number of nitrogens with zero attached hydrogens (tertiary/aromatic N) is 1. The number of pyridine rings is 1. The first-order valence-corrected chi connectivity index (χ1v) is 12.5. The zero-order valence-corrected chi connectivity index (χ0v) is 20.1. The molecule has 4 aliphatic rings. The zero-order valence-electron chi connectivity index (χ0n) is 19.3. The third-order valence-corrected chi connectivity index (χ3v) is 9.78. The molecule has 6 heteroatoms. The Balaban J connectivity index is 1.33. The first kappa shape index (κ1) is 21.9. The summed E-state index contributed by atoms with van der Waals surface area (Å²) in [4.78, 5) is 29.3. The van der Waals surface area contributed by atoms with Crippen LogP contribution in [0.4, 0.5) is 5.82 Å². The van der Waals surface area contributed by atoms with Gasteiger partial charge in [-0.1, -0.05) is 31.5 Å². The molecule has 5 nitrogen and oxygen atoms in total. The van der Waals surface area contributed by atoms with Crippen molar-refractivity contribution >= 4 is 29.2 Å². The highest BCUT2D eigenvalue weighted by atomic mass is 35.5. The Labute approximate surface area is 195 Å². The number of anilines is 1. The van der Waals surface area contributed by atoms with Crippen LogP contribution in [0.1, 0.15) is 70.9 Å². The monoisotopic (exact) mass is 455 g/mol. The standard InChI is InChI=1S/C26H34ClN3O2/c1-15-5-4-6-21(28-15)29-23(32)13-16-7-8-18-17-14-20(27)24-26(3,12-10-22(31)30-24)19(17)9-11-25(16,18)2/h4-6,16-19H,7-14H2,1-3H3,(H,30,31)(H,28,29,32)/t16-,17?,18?,19?,25-,26-/m1/s1. The van der Waals surface area contributed by atoms with Crippen LogP contribution in [0.2, 0.25) is 0 Å². The van der Waals surface area contributed by atoms with Crippen LogP contribution < -0.4 is 10.6 Å². The van der Waals surface area contributed by atoms with Crippen LogP contribution in [0.15, 0.2) is 28.9 Å². The second-order valence-electron chi connectivity index (χ2n) is 11.1. The lowest BCUT2D eigenvalue weighted by molar-refractivity contribution is -0.125. The van der Waals surface area contributed by atoms with Crippen LogP contribution in [0.25, 0.3) is 0 Å². The molecule has 1 aromatic heterocycles. The molecule has 0 spiro atoms. The van der Waals surface area contributed by atoms with Crippen LogP contribution in [-0.4, -0.2) is 16.8 Å². The van der Waals surface area contributed by atoms with E-state index < -0.39 is 0 Å². The summed E-state index contributed by atoms with van der Waals surface area (Å²) in [7, 11) is 0. The number of halogens is 1. The molecule has 2 N–H and O–H groups in total. The smallest absolute Gasteiger partial charge is 0.225 e. The Bertz CT molecular complexity index is 991. The van der Waals surface area contributed by atoms with Crippen molar-refractivity contribution < 1.29 is 9.59 Å². The van der Waals surface area contributed by atoms with Crippen molar-refractivity contribution in [3.63, 3.8) is 0 Å². The molecule has 3 aliphatic carbocycles. The third-order valence-electron chi connectivity index (χ3n) is 9.43. The molecule has 0 bridgehead atoms. The molecule has 0 aromatic carbocycles. The number of hydrogen-bond donors (Lipinski definition) is 2. The summed E-state index contributed by atoms with van der Waals surface area (Å²) in [6.07, 6.45) is 7.46. The molecule has 6 atom stereocenters. The summed E-state index contributed by atoms with van der Waals surface area (Å²) in [5, 5.41) is 7.00. The number of rotatable bonds is 3. The summed E-state index contributed by atoms with van der Waals surface area (Å²) in [6, 6.07) is 5.71. The molecule has 5 rings (SSSR count). The van der Waals surface area contributed by atoms with Crippen molar-refractivity contribution in [2.24, 2.45) is 34.5 Å². The van der Waals surface area contributed by atoms with Gasteiger partial charge in [-0.25, -0.2) is 4.98 Å². The first-order valence-electron chi connectivity index (χ1n) is 12.1. The molecule has 172 valence electrons. The van der Waals surface area contributed by atoms with Gasteiger partial charge in [-0.05, 0) is 86.7 Å². The van der Waals surface area contributed by atoms with Gasteiger partial charge in [-0.3, -0.25) is 9.59 Å². The van der Waals surface area contributed by atoms with Gasteiger partial charge in [-0.15, -0.1) is 0 Å². The van der Waals surface area contributed by atoms with Crippen molar-refractivity contribution in [1.29, 1.82) is 0 Å². The van der Waals surface area contributed by atoms with E-state index in [9.17, 15) is 9.59 Å². The summed E-state index contributed by atoms with van der Waals surface area (Å²) in [5.41, 5.74) is 2.05. The number of hydrogen-bond acceptors (Lipinski definition) is 3. The molecule has 32 heavy (non-hydrogen) atoms. The minimum atomic E-state index is -0.0262. The van der Waals surface area contributed by atoms with Crippen molar-refractivity contribution in [3.05, 3.63) is 34.6 Å². The Hall–Kier alpha value is -1.88. The zero-order chi connectivity index (χ0) is 22.7. The lowest BCUT2D eigenvalue weighted by atomic mass is 9.49. The largest absolute Gasteiger partial charge is 0.328 e. The maximum Gasteiger partial charge on any atom is 0.225 e. The van der Waals surface area contributed by atoms with Gasteiger partial charge in [0.05, 0.1) is 0 Å². The lowest BCUT2D eigenvalue weighted by Crippen LogP contribution is -2.54. The second kappa shape index (κ2) is 7.86. The molecule has 3 unspecified atom stereocenters. The van der Waals surface area contributed by atoms with Gasteiger partial charge in [0.15, 0.2) is 0 Å². The fourth-order valence-electron chi connectivity index (χ4n) is 7.74. The van der Waals surface area contributed by atoms with Crippen LogP contribution in [0.3, 0.4) is 0 Å². The van der Waals surface area contributed by atoms with E-state index in [1.165, 1.54) is 6.42 Å². The van der Waals surface area contributed by atoms with Crippen molar-refractivity contribution in [3.8, 4) is 0 Å². The fourth-order valence-corrected chi connectivity index (χ4v) is 8.18. The van der Waals surface area contributed by atoms with Gasteiger partial charge in [0.2, 0.25) is 11.8 Å². The summed E-state index contributed by atoms with van der Waals surface area (Å²) < 4.78 is 0. The predicted molar refractivity (Wildman–Crippen MR) is 126 cm³/mol. The molecular weight excluding hydrogens is 422 g/mol. The molecular formula is C26H34ClN3O2. The van der Waals surface area contributed by atoms with E-state index >= 15 is 0 Å². The van der Waals surface area contributed by atoms with Crippen LogP contribution in [0.5, 0.6) is 0 Å². The molecule has 2 heterocycles. The van der Waals surface area contributed by atoms with Crippen LogP contribution in [-0.2, 0) is 9.59 Å². The number of aromatic nitrogens is 1. The first-order chi connectivity index (χ1) is 15.2. The molecule has 3 fully saturated rings. The highest BCUT2D eigenvalue weighted by molar-refractivity contribution is 6.30. The second-order valence-corrected chi connectivity index (χ2v) is 11.5. The number of fused-ring (bicyclic) bond motifs is 5. The molecule has 1 aliphatic heterocycles. The van der Waals surface area contributed by atoms with Gasteiger partial charge >= 0.3 is 0 Å². The predicted octanol–water partition coefficient (Wildman–Crippen LogP) is 5.55. The van der Waals surface area contributed by atoms with Gasteiger partial charge in [-0.2, -0.15) is 0 Å². The minimum absolute atomic E-state index is 0.0262. The highest BCUT2D eigenvalue weighted by Gasteiger charge is 2.59. The minimum Gasteiger partial charge on any atom is -0.328 e. The SMILES string of the molecule is Cc1cccc(NC(=O)C[C@H]2CCC3C4CC(Cl)=C5NC(=O)CC[C@]5(C)C4CC[C@@]32C)n1. The number of aryl methyl sites for hydroxylation is 1. The highest BCUT2D eigenvalue weighted by Crippen LogP contribution is 2.66. The lowest BCUT2D eigenvalue weighted by Gasteiger charge is -2.57. The van der Waals surface area contributed by atoms with E-state index in [0.29, 0.717) is 42.3 Å². The number of piperidine rings is 1. The van der Waals surface area contributed by atoms with Gasteiger partial charge in [0.25, 0.3) is 0 Å². The number of carbonyl (C=O) groups excluding carboxylic acids is 2. The summed E-state index contributed by atoms with van der Waals surface area (Å²) in [6.45, 7) is 6.67. The Morgan fingerprint density at radius 1 is 1.22 bits per heavy atom. The van der Waals surface area contributed by atoms with Gasteiger partial charge in [0, 0.05) is 34.7 Å². The molecule has 2 saturated carbocycles. The number of nitrogens with one attached hydrogen (secondary N) is 2. The summed E-state index contributed by atoms with van der Waals surface area (Å²) in [5.74, 6) is 2.89. The van der Waals surface area contributed by atoms with Gasteiger partial charge < -0.3 is 10.6 Å². The summed E-state index contributed by atoms with van der Waals surface area (Å²) >= 11 is 6.82. The average molecular weight is 456 g/mol. The van der Waals surface area contributed by atoms with Crippen molar-refractivity contribution in [2.75, 3.05) is 5.32 Å².